The van der Waals surface area contributed by atoms with Crippen molar-refractivity contribution in [1.29, 1.82) is 0 Å². The second kappa shape index (κ2) is 13.5. The van der Waals surface area contributed by atoms with E-state index in [4.69, 9.17) is 16.3 Å². The lowest BCUT2D eigenvalue weighted by atomic mass is 10.0. The van der Waals surface area contributed by atoms with Gasteiger partial charge in [-0.05, 0) is 70.0 Å². The van der Waals surface area contributed by atoms with Gasteiger partial charge in [-0.15, -0.1) is 0 Å². The Bertz CT molecular complexity index is 1950. The molecule has 2 aromatic heterocycles. The van der Waals surface area contributed by atoms with Crippen LogP contribution in [0.25, 0.3) is 28.1 Å². The predicted molar refractivity (Wildman–Crippen MR) is 182 cm³/mol. The molecular formula is C34H36ClF3N6O4S. The van der Waals surface area contributed by atoms with Crippen LogP contribution in [0.5, 0.6) is 0 Å². The van der Waals surface area contributed by atoms with Crippen molar-refractivity contribution in [3.63, 3.8) is 0 Å². The Labute approximate surface area is 287 Å². The zero-order valence-corrected chi connectivity index (χ0v) is 28.8. The van der Waals surface area contributed by atoms with Gasteiger partial charge in [-0.2, -0.15) is 5.10 Å². The van der Waals surface area contributed by atoms with Gasteiger partial charge in [-0.3, -0.25) is 9.71 Å². The fraction of sp³-hybridized carbons (Fsp3) is 0.382. The molecule has 0 spiro atoms. The van der Waals surface area contributed by atoms with Crippen LogP contribution in [0.15, 0.2) is 55.0 Å². The van der Waals surface area contributed by atoms with Crippen molar-refractivity contribution in [3.8, 4) is 28.1 Å². The number of hydrogen-bond donors (Lipinski definition) is 1. The van der Waals surface area contributed by atoms with Gasteiger partial charge in [0.05, 0.1) is 10.9 Å². The Morgan fingerprint density at radius 3 is 2.20 bits per heavy atom. The van der Waals surface area contributed by atoms with E-state index in [2.05, 4.69) is 14.8 Å². The molecule has 1 saturated carbocycles. The summed E-state index contributed by atoms with van der Waals surface area (Å²) in [5, 5.41) is 3.87. The third kappa shape index (κ3) is 7.49. The van der Waals surface area contributed by atoms with Crippen molar-refractivity contribution < 1.29 is 31.1 Å². The lowest BCUT2D eigenvalue weighted by molar-refractivity contribution is 0.0240. The van der Waals surface area contributed by atoms with Crippen LogP contribution in [0, 0.1) is 17.5 Å². The van der Waals surface area contributed by atoms with Crippen LogP contribution >= 0.6 is 11.6 Å². The highest BCUT2D eigenvalue weighted by atomic mass is 35.5. The highest BCUT2D eigenvalue weighted by Crippen LogP contribution is 2.39. The summed E-state index contributed by atoms with van der Waals surface area (Å²) in [5.74, 6) is -2.75. The molecule has 15 heteroatoms. The summed E-state index contributed by atoms with van der Waals surface area (Å²) in [7, 11) is -3.90. The molecule has 3 heterocycles. The number of aromatic nitrogens is 3. The molecule has 0 unspecified atom stereocenters. The number of amides is 1. The Kier molecular flexibility index (Phi) is 9.55. The molecule has 1 saturated heterocycles. The standard InChI is InChI=1S/C34H36ClF3N6O4S/c1-34(2,3)48-33(45)43-14-12-42(13-15-43)23-18-27(36)32(28(37)19-23)44-20-26(31(40-44)21-8-10-39-11-9-21)25-16-22(35)17-29(30(25)38)41-49(46,47)24-6-4-5-7-24/h8-11,16-20,24,41H,4-7,12-15H2,1-3H3. The summed E-state index contributed by atoms with van der Waals surface area (Å²) < 4.78 is 82.8. The number of pyridine rings is 1. The smallest absolute Gasteiger partial charge is 0.410 e. The number of nitrogens with one attached hydrogen (secondary N) is 1. The number of carbonyl (C=O) groups excluding carboxylic acids is 1. The van der Waals surface area contributed by atoms with Gasteiger partial charge in [0.2, 0.25) is 10.0 Å². The highest BCUT2D eigenvalue weighted by molar-refractivity contribution is 7.93. The number of nitrogens with zero attached hydrogens (tertiary/aromatic N) is 5. The van der Waals surface area contributed by atoms with Crippen LogP contribution in [-0.2, 0) is 14.8 Å². The van der Waals surface area contributed by atoms with Crippen molar-refractivity contribution in [3.05, 3.63) is 77.5 Å². The van der Waals surface area contributed by atoms with Crippen molar-refractivity contribution in [2.75, 3.05) is 35.8 Å². The number of ether oxygens (including phenoxy) is 1. The van der Waals surface area contributed by atoms with Gasteiger partial charge in [0.1, 0.15) is 17.0 Å². The van der Waals surface area contributed by atoms with Crippen LogP contribution in [0.4, 0.5) is 29.3 Å². The molecule has 0 bridgehead atoms. The normalized spacial score (nSPS) is 15.9. The van der Waals surface area contributed by atoms with Gasteiger partial charge >= 0.3 is 6.09 Å². The second-order valence-corrected chi connectivity index (χ2v) is 15.5. The van der Waals surface area contributed by atoms with E-state index in [1.807, 2.05) is 0 Å². The number of benzene rings is 2. The average molecular weight is 717 g/mol. The van der Waals surface area contributed by atoms with E-state index in [1.165, 1.54) is 42.9 Å². The lowest BCUT2D eigenvalue weighted by Crippen LogP contribution is -2.50. The fourth-order valence-electron chi connectivity index (χ4n) is 6.13. The summed E-state index contributed by atoms with van der Waals surface area (Å²) >= 11 is 6.39. The van der Waals surface area contributed by atoms with E-state index < -0.39 is 50.1 Å². The summed E-state index contributed by atoms with van der Waals surface area (Å²) in [4.78, 5) is 19.8. The molecule has 2 aromatic carbocycles. The second-order valence-electron chi connectivity index (χ2n) is 13.2. The third-order valence-electron chi connectivity index (χ3n) is 8.52. The number of hydrogen-bond acceptors (Lipinski definition) is 7. The molecule has 0 atom stereocenters. The first kappa shape index (κ1) is 34.6. The minimum Gasteiger partial charge on any atom is -0.444 e. The van der Waals surface area contributed by atoms with Crippen LogP contribution in [-0.4, -0.2) is 71.2 Å². The highest BCUT2D eigenvalue weighted by Gasteiger charge is 2.31. The number of carbonyl (C=O) groups is 1. The summed E-state index contributed by atoms with van der Waals surface area (Å²) in [6.07, 6.45) is 6.29. The van der Waals surface area contributed by atoms with E-state index in [0.717, 1.165) is 17.5 Å². The molecule has 1 amide bonds. The number of anilines is 2. The molecule has 6 rings (SSSR count). The Morgan fingerprint density at radius 1 is 0.959 bits per heavy atom. The Hall–Kier alpha value is -4.30. The zero-order chi connectivity index (χ0) is 35.1. The van der Waals surface area contributed by atoms with Crippen molar-refractivity contribution in [1.82, 2.24) is 19.7 Å². The average Bonchev–Trinajstić information content (AvgIpc) is 3.74. The maximum atomic E-state index is 16.2. The molecular weight excluding hydrogens is 681 g/mol. The number of rotatable bonds is 7. The van der Waals surface area contributed by atoms with Gasteiger partial charge in [0.15, 0.2) is 17.5 Å². The molecule has 1 N–H and O–H groups in total. The quantitative estimate of drug-likeness (QED) is 0.212. The number of sulfonamides is 1. The zero-order valence-electron chi connectivity index (χ0n) is 27.2. The van der Waals surface area contributed by atoms with E-state index in [0.29, 0.717) is 44.6 Å². The summed E-state index contributed by atoms with van der Waals surface area (Å²) in [6, 6.07) is 8.08. The maximum absolute atomic E-state index is 16.2. The Morgan fingerprint density at radius 2 is 1.59 bits per heavy atom. The fourth-order valence-corrected chi connectivity index (χ4v) is 7.92. The van der Waals surface area contributed by atoms with Gasteiger partial charge in [-0.1, -0.05) is 24.4 Å². The minimum absolute atomic E-state index is 0.0439. The maximum Gasteiger partial charge on any atom is 0.410 e. The molecule has 1 aliphatic heterocycles. The van der Waals surface area contributed by atoms with E-state index in [1.54, 1.807) is 42.7 Å². The number of halogens is 4. The monoisotopic (exact) mass is 716 g/mol. The minimum atomic E-state index is -3.90. The van der Waals surface area contributed by atoms with E-state index >= 15 is 13.2 Å². The summed E-state index contributed by atoms with van der Waals surface area (Å²) in [5.41, 5.74) is -0.565. The van der Waals surface area contributed by atoms with Crippen molar-refractivity contribution in [2.45, 2.75) is 57.3 Å². The predicted octanol–water partition coefficient (Wildman–Crippen LogP) is 7.41. The third-order valence-corrected chi connectivity index (χ3v) is 10.6. The first-order valence-corrected chi connectivity index (χ1v) is 17.9. The first-order valence-electron chi connectivity index (χ1n) is 15.9. The van der Waals surface area contributed by atoms with Crippen LogP contribution in [0.2, 0.25) is 5.02 Å². The molecule has 0 radical (unpaired) electrons. The van der Waals surface area contributed by atoms with Gasteiger partial charge in [0.25, 0.3) is 0 Å². The molecule has 260 valence electrons. The molecule has 10 nitrogen and oxygen atoms in total. The van der Waals surface area contributed by atoms with E-state index in [9.17, 15) is 13.2 Å². The SMILES string of the molecule is CC(C)(C)OC(=O)N1CCN(c2cc(F)c(-n3cc(-c4cc(Cl)cc(NS(=O)(=O)C5CCCC5)c4F)c(-c4ccncc4)n3)c(F)c2)CC1. The molecule has 49 heavy (non-hydrogen) atoms. The lowest BCUT2D eigenvalue weighted by Gasteiger charge is -2.36. The molecule has 2 aliphatic rings. The number of piperazine rings is 1. The van der Waals surface area contributed by atoms with Gasteiger partial charge in [-0.25, -0.2) is 31.1 Å². The molecule has 4 aromatic rings. The summed E-state index contributed by atoms with van der Waals surface area (Å²) in [6.45, 7) is 6.61. The van der Waals surface area contributed by atoms with E-state index in [-0.39, 0.29) is 33.2 Å². The van der Waals surface area contributed by atoms with Crippen molar-refractivity contribution in [2.24, 2.45) is 0 Å². The largest absolute Gasteiger partial charge is 0.444 e. The first-order chi connectivity index (χ1) is 23.2. The topological polar surface area (TPSA) is 110 Å². The van der Waals surface area contributed by atoms with Crippen LogP contribution < -0.4 is 9.62 Å². The van der Waals surface area contributed by atoms with Gasteiger partial charge in [0, 0.05) is 72.2 Å². The van der Waals surface area contributed by atoms with Crippen LogP contribution in [0.1, 0.15) is 46.5 Å². The molecule has 1 aliphatic carbocycles. The molecule has 2 fully saturated rings. The van der Waals surface area contributed by atoms with Gasteiger partial charge < -0.3 is 14.5 Å². The van der Waals surface area contributed by atoms with Crippen LogP contribution in [0.3, 0.4) is 0 Å². The Balaban J connectivity index is 1.34. The van der Waals surface area contributed by atoms with Crippen molar-refractivity contribution >= 4 is 39.1 Å².